The molecule has 7 heteroatoms. The van der Waals surface area contributed by atoms with E-state index < -0.39 is 72.5 Å². The van der Waals surface area contributed by atoms with Crippen molar-refractivity contribution in [3.63, 3.8) is 0 Å². The standard InChI is InChI=1S/C12H15NO6/c14-7-8(15)10(12(17)18)19-11(9(7)16)13-6-4-2-1-3-5-6/h1-5,7-11,13-16H,(H,17,18)/i1D,2D,3D,4D,5D. The Balaban J connectivity index is 2.39. The number of benzene rings is 1. The van der Waals surface area contributed by atoms with E-state index in [0.29, 0.717) is 0 Å². The molecule has 0 spiro atoms. The molecule has 0 bridgehead atoms. The molecule has 19 heavy (non-hydrogen) atoms. The summed E-state index contributed by atoms with van der Waals surface area (Å²) in [6.45, 7) is 0. The summed E-state index contributed by atoms with van der Waals surface area (Å²) in [5.41, 5.74) is -0.433. The second-order valence-corrected chi connectivity index (χ2v) is 3.93. The Hall–Kier alpha value is -1.67. The van der Waals surface area contributed by atoms with Crippen LogP contribution < -0.4 is 5.32 Å². The van der Waals surface area contributed by atoms with Crippen molar-refractivity contribution in [1.82, 2.24) is 0 Å². The molecule has 1 aromatic carbocycles. The third-order valence-electron chi connectivity index (χ3n) is 2.64. The zero-order valence-corrected chi connectivity index (χ0v) is 9.49. The normalized spacial score (nSPS) is 38.5. The Morgan fingerprint density at radius 1 is 1.16 bits per heavy atom. The highest BCUT2D eigenvalue weighted by atomic mass is 16.6. The van der Waals surface area contributed by atoms with E-state index in [1.807, 2.05) is 0 Å². The van der Waals surface area contributed by atoms with Crippen LogP contribution in [0.5, 0.6) is 0 Å². The summed E-state index contributed by atoms with van der Waals surface area (Å²) in [7, 11) is 0. The van der Waals surface area contributed by atoms with E-state index in [9.17, 15) is 20.1 Å². The molecule has 0 amide bonds. The minimum absolute atomic E-state index is 0.433. The van der Waals surface area contributed by atoms with Gasteiger partial charge in [0.2, 0.25) is 0 Å². The average Bonchev–Trinajstić information content (AvgIpc) is 2.54. The number of carboxylic acid groups (broad SMARTS) is 1. The molecule has 5 N–H and O–H groups in total. The molecule has 0 radical (unpaired) electrons. The van der Waals surface area contributed by atoms with Gasteiger partial charge in [-0.05, 0) is 12.1 Å². The number of carboxylic acids is 1. The van der Waals surface area contributed by atoms with Gasteiger partial charge in [-0.2, -0.15) is 0 Å². The summed E-state index contributed by atoms with van der Waals surface area (Å²) in [4.78, 5) is 11.0. The Kier molecular flexibility index (Phi) is 2.47. The lowest BCUT2D eigenvalue weighted by Gasteiger charge is -2.39. The van der Waals surface area contributed by atoms with Gasteiger partial charge in [-0.15, -0.1) is 0 Å². The number of aliphatic hydroxyl groups excluding tert-OH is 3. The van der Waals surface area contributed by atoms with Crippen molar-refractivity contribution >= 4 is 11.7 Å². The van der Waals surface area contributed by atoms with Gasteiger partial charge in [-0.1, -0.05) is 18.1 Å². The number of carbonyl (C=O) groups is 1. The number of nitrogens with one attached hydrogen (secondary N) is 1. The van der Waals surface area contributed by atoms with E-state index >= 15 is 0 Å². The zero-order valence-electron chi connectivity index (χ0n) is 14.5. The molecule has 1 saturated heterocycles. The Bertz CT molecular complexity index is 645. The minimum atomic E-state index is -1.89. The first-order chi connectivity index (χ1) is 11.1. The topological polar surface area (TPSA) is 119 Å². The summed E-state index contributed by atoms with van der Waals surface area (Å²) < 4.78 is 43.0. The van der Waals surface area contributed by atoms with E-state index in [2.05, 4.69) is 5.32 Å². The predicted octanol–water partition coefficient (Wildman–Crippen LogP) is -1.01. The molecule has 7 nitrogen and oxygen atoms in total. The van der Waals surface area contributed by atoms with Crippen LogP contribution in [-0.4, -0.2) is 57.0 Å². The molecular weight excluding hydrogens is 254 g/mol. The molecule has 2 rings (SSSR count). The summed E-state index contributed by atoms with van der Waals surface area (Å²) in [5, 5.41) is 40.5. The van der Waals surface area contributed by atoms with E-state index in [4.69, 9.17) is 16.7 Å². The second kappa shape index (κ2) is 5.54. The molecule has 0 saturated carbocycles. The summed E-state index contributed by atoms with van der Waals surface area (Å²) in [6, 6.07) is -3.15. The Morgan fingerprint density at radius 2 is 1.79 bits per heavy atom. The molecule has 5 atom stereocenters. The highest BCUT2D eigenvalue weighted by Gasteiger charge is 2.46. The first-order valence-electron chi connectivity index (χ1n) is 7.83. The minimum Gasteiger partial charge on any atom is -0.479 e. The largest absolute Gasteiger partial charge is 0.479 e. The monoisotopic (exact) mass is 274 g/mol. The van der Waals surface area contributed by atoms with Gasteiger partial charge in [0.1, 0.15) is 18.3 Å². The quantitative estimate of drug-likeness (QED) is 0.479. The highest BCUT2D eigenvalue weighted by molar-refractivity contribution is 5.73. The number of hydrogen-bond acceptors (Lipinski definition) is 6. The van der Waals surface area contributed by atoms with Gasteiger partial charge in [-0.3, -0.25) is 0 Å². The number of para-hydroxylation sites is 1. The van der Waals surface area contributed by atoms with Crippen LogP contribution in [0.3, 0.4) is 0 Å². The van der Waals surface area contributed by atoms with Crippen molar-refractivity contribution in [2.24, 2.45) is 0 Å². The first-order valence-corrected chi connectivity index (χ1v) is 5.33. The number of anilines is 1. The molecule has 1 heterocycles. The summed E-state index contributed by atoms with van der Waals surface area (Å²) in [5.74, 6) is -1.60. The van der Waals surface area contributed by atoms with E-state index in [1.165, 1.54) is 0 Å². The molecule has 0 aromatic heterocycles. The van der Waals surface area contributed by atoms with Crippen molar-refractivity contribution in [2.45, 2.75) is 30.6 Å². The molecule has 0 aliphatic carbocycles. The smallest absolute Gasteiger partial charge is 0.335 e. The maximum atomic E-state index is 11.0. The summed E-state index contributed by atoms with van der Waals surface area (Å²) >= 11 is 0. The van der Waals surface area contributed by atoms with Crippen LogP contribution in [0.1, 0.15) is 6.85 Å². The highest BCUT2D eigenvalue weighted by Crippen LogP contribution is 2.23. The number of hydrogen-bond donors (Lipinski definition) is 5. The second-order valence-electron chi connectivity index (χ2n) is 3.93. The average molecular weight is 274 g/mol. The number of aliphatic hydroxyl groups is 3. The maximum Gasteiger partial charge on any atom is 0.335 e. The van der Waals surface area contributed by atoms with Crippen LogP contribution in [-0.2, 0) is 9.53 Å². The van der Waals surface area contributed by atoms with Gasteiger partial charge in [0.05, 0.1) is 6.85 Å². The lowest BCUT2D eigenvalue weighted by molar-refractivity contribution is -0.221. The molecule has 1 fully saturated rings. The zero-order chi connectivity index (χ0) is 18.3. The predicted molar refractivity (Wildman–Crippen MR) is 64.4 cm³/mol. The van der Waals surface area contributed by atoms with Crippen LogP contribution in [0.15, 0.2) is 30.2 Å². The van der Waals surface area contributed by atoms with Crippen LogP contribution in [0, 0.1) is 0 Å². The van der Waals surface area contributed by atoms with E-state index in [1.54, 1.807) is 0 Å². The van der Waals surface area contributed by atoms with Crippen molar-refractivity contribution in [1.29, 1.82) is 0 Å². The van der Waals surface area contributed by atoms with Gasteiger partial charge in [0.25, 0.3) is 0 Å². The van der Waals surface area contributed by atoms with Gasteiger partial charge < -0.3 is 30.5 Å². The lowest BCUT2D eigenvalue weighted by atomic mass is 9.98. The van der Waals surface area contributed by atoms with Gasteiger partial charge in [-0.25, -0.2) is 4.79 Å². The van der Waals surface area contributed by atoms with Crippen LogP contribution in [0.25, 0.3) is 0 Å². The number of ether oxygens (including phenoxy) is 1. The van der Waals surface area contributed by atoms with Crippen molar-refractivity contribution < 1.29 is 36.8 Å². The number of aliphatic carboxylic acids is 1. The number of rotatable bonds is 3. The molecule has 1 aliphatic heterocycles. The molecule has 104 valence electrons. The third kappa shape index (κ3) is 2.85. The molecule has 5 unspecified atom stereocenters. The Labute approximate surface area is 116 Å². The first kappa shape index (κ1) is 8.49. The van der Waals surface area contributed by atoms with E-state index in [-0.39, 0.29) is 0 Å². The van der Waals surface area contributed by atoms with Gasteiger partial charge >= 0.3 is 5.97 Å². The van der Waals surface area contributed by atoms with Crippen LogP contribution in [0.2, 0.25) is 0 Å². The molecular formula is C12H15NO6. The summed E-state index contributed by atoms with van der Waals surface area (Å²) in [6.07, 6.45) is -9.05. The van der Waals surface area contributed by atoms with Crippen LogP contribution in [0.4, 0.5) is 5.69 Å². The lowest BCUT2D eigenvalue weighted by Crippen LogP contribution is -2.61. The fraction of sp³-hybridized carbons (Fsp3) is 0.417. The van der Waals surface area contributed by atoms with E-state index in [0.717, 1.165) is 0 Å². The molecule has 1 aromatic rings. The van der Waals surface area contributed by atoms with Crippen LogP contribution >= 0.6 is 0 Å². The fourth-order valence-corrected chi connectivity index (χ4v) is 1.67. The van der Waals surface area contributed by atoms with Crippen molar-refractivity contribution in [3.8, 4) is 0 Å². The van der Waals surface area contributed by atoms with Gasteiger partial charge in [0.15, 0.2) is 12.3 Å². The van der Waals surface area contributed by atoms with Crippen molar-refractivity contribution in [2.75, 3.05) is 5.32 Å². The maximum absolute atomic E-state index is 11.0. The SMILES string of the molecule is [2H]c1c([2H])c([2H])c(NC2OC(C(=O)O)C(O)C(O)C2O)c([2H])c1[2H]. The third-order valence-corrected chi connectivity index (χ3v) is 2.64. The molecule has 1 aliphatic rings. The fourth-order valence-electron chi connectivity index (χ4n) is 1.67. The Morgan fingerprint density at radius 3 is 2.37 bits per heavy atom. The van der Waals surface area contributed by atoms with Gasteiger partial charge in [0, 0.05) is 5.69 Å². The van der Waals surface area contributed by atoms with Crippen molar-refractivity contribution in [3.05, 3.63) is 30.2 Å².